The first-order valence-electron chi connectivity index (χ1n) is 6.22. The number of hydrogen-bond donors (Lipinski definition) is 1. The number of amides is 1. The Bertz CT molecular complexity index is 377. The molecule has 1 aromatic rings. The highest BCUT2D eigenvalue weighted by Crippen LogP contribution is 2.17. The lowest BCUT2D eigenvalue weighted by atomic mass is 10.2. The zero-order chi connectivity index (χ0) is 13.4. The lowest BCUT2D eigenvalue weighted by Gasteiger charge is -2.10. The van der Waals surface area contributed by atoms with Gasteiger partial charge in [0.1, 0.15) is 12.4 Å². The summed E-state index contributed by atoms with van der Waals surface area (Å²) in [5.74, 6) is 1.08. The van der Waals surface area contributed by atoms with Gasteiger partial charge in [-0.3, -0.25) is 4.79 Å². The molecule has 1 rings (SSSR count). The molecule has 0 fully saturated rings. The first-order chi connectivity index (χ1) is 8.61. The van der Waals surface area contributed by atoms with Crippen molar-refractivity contribution in [2.24, 2.45) is 5.92 Å². The van der Waals surface area contributed by atoms with E-state index in [1.54, 1.807) is 0 Å². The number of carbonyl (C=O) groups excluding carboxylic acids is 1. The Morgan fingerprint density at radius 3 is 2.83 bits per heavy atom. The molecule has 0 spiro atoms. The quantitative estimate of drug-likeness (QED) is 0.810. The molecule has 0 saturated carbocycles. The summed E-state index contributed by atoms with van der Waals surface area (Å²) in [5.41, 5.74) is 0.723. The van der Waals surface area contributed by atoms with Crippen LogP contribution in [-0.2, 0) is 9.53 Å². The summed E-state index contributed by atoms with van der Waals surface area (Å²) in [4.78, 5) is 11.5. The van der Waals surface area contributed by atoms with Crippen molar-refractivity contribution in [2.45, 2.75) is 20.8 Å². The van der Waals surface area contributed by atoms with Crippen molar-refractivity contribution in [3.63, 3.8) is 0 Å². The van der Waals surface area contributed by atoms with Gasteiger partial charge in [-0.25, -0.2) is 0 Å². The highest BCUT2D eigenvalue weighted by atomic mass is 16.5. The molecule has 0 aliphatic carbocycles. The molecule has 0 radical (unpaired) electrons. The third kappa shape index (κ3) is 5.68. The van der Waals surface area contributed by atoms with E-state index in [-0.39, 0.29) is 12.5 Å². The van der Waals surface area contributed by atoms with Crippen LogP contribution in [0.3, 0.4) is 0 Å². The maximum Gasteiger partial charge on any atom is 0.250 e. The zero-order valence-electron chi connectivity index (χ0n) is 11.2. The standard InChI is InChI=1S/C14H21NO3/c1-4-17-10-14(16)15-12-6-5-7-13(8-12)18-9-11(2)3/h5-8,11H,4,9-10H2,1-3H3,(H,15,16). The summed E-state index contributed by atoms with van der Waals surface area (Å²) >= 11 is 0. The van der Waals surface area contributed by atoms with E-state index in [4.69, 9.17) is 9.47 Å². The van der Waals surface area contributed by atoms with Crippen LogP contribution in [0, 0.1) is 5.92 Å². The minimum absolute atomic E-state index is 0.0770. The van der Waals surface area contributed by atoms with E-state index in [0.29, 0.717) is 19.1 Å². The molecule has 4 heteroatoms. The normalized spacial score (nSPS) is 10.4. The smallest absolute Gasteiger partial charge is 0.250 e. The number of carbonyl (C=O) groups is 1. The van der Waals surface area contributed by atoms with Crippen molar-refractivity contribution < 1.29 is 14.3 Å². The van der Waals surface area contributed by atoms with E-state index in [0.717, 1.165) is 11.4 Å². The van der Waals surface area contributed by atoms with Crippen LogP contribution in [0.2, 0.25) is 0 Å². The lowest BCUT2D eigenvalue weighted by molar-refractivity contribution is -0.120. The van der Waals surface area contributed by atoms with Gasteiger partial charge >= 0.3 is 0 Å². The van der Waals surface area contributed by atoms with E-state index in [1.165, 1.54) is 0 Å². The molecule has 100 valence electrons. The lowest BCUT2D eigenvalue weighted by Crippen LogP contribution is -2.18. The van der Waals surface area contributed by atoms with Gasteiger partial charge < -0.3 is 14.8 Å². The van der Waals surface area contributed by atoms with Gasteiger partial charge in [0.2, 0.25) is 5.91 Å². The van der Waals surface area contributed by atoms with E-state index in [2.05, 4.69) is 19.2 Å². The van der Waals surface area contributed by atoms with Crippen LogP contribution in [0.4, 0.5) is 5.69 Å². The number of hydrogen-bond acceptors (Lipinski definition) is 3. The minimum Gasteiger partial charge on any atom is -0.493 e. The number of ether oxygens (including phenoxy) is 2. The Morgan fingerprint density at radius 1 is 1.39 bits per heavy atom. The third-order valence-electron chi connectivity index (χ3n) is 2.14. The fourth-order valence-electron chi connectivity index (χ4n) is 1.32. The summed E-state index contributed by atoms with van der Waals surface area (Å²) in [6, 6.07) is 7.37. The number of benzene rings is 1. The average molecular weight is 251 g/mol. The maximum atomic E-state index is 11.5. The summed E-state index contributed by atoms with van der Waals surface area (Å²) in [6.07, 6.45) is 0. The van der Waals surface area contributed by atoms with Crippen LogP contribution in [0.25, 0.3) is 0 Å². The Morgan fingerprint density at radius 2 is 2.17 bits per heavy atom. The Kier molecular flexibility index (Phi) is 6.22. The second kappa shape index (κ2) is 7.71. The van der Waals surface area contributed by atoms with Crippen LogP contribution < -0.4 is 10.1 Å². The van der Waals surface area contributed by atoms with E-state index < -0.39 is 0 Å². The molecule has 0 aliphatic heterocycles. The van der Waals surface area contributed by atoms with Gasteiger partial charge in [0, 0.05) is 18.4 Å². The molecular weight excluding hydrogens is 230 g/mol. The van der Waals surface area contributed by atoms with Gasteiger partial charge in [0.15, 0.2) is 0 Å². The highest BCUT2D eigenvalue weighted by molar-refractivity contribution is 5.91. The van der Waals surface area contributed by atoms with Crippen molar-refractivity contribution in [1.29, 1.82) is 0 Å². The van der Waals surface area contributed by atoms with Crippen molar-refractivity contribution >= 4 is 11.6 Å². The fraction of sp³-hybridized carbons (Fsp3) is 0.500. The molecule has 18 heavy (non-hydrogen) atoms. The number of rotatable bonds is 7. The summed E-state index contributed by atoms with van der Waals surface area (Å²) < 4.78 is 10.6. The van der Waals surface area contributed by atoms with Crippen LogP contribution >= 0.6 is 0 Å². The van der Waals surface area contributed by atoms with Crippen LogP contribution in [0.15, 0.2) is 24.3 Å². The highest BCUT2D eigenvalue weighted by Gasteiger charge is 2.03. The van der Waals surface area contributed by atoms with Crippen LogP contribution in [0.5, 0.6) is 5.75 Å². The molecule has 0 bridgehead atoms. The zero-order valence-corrected chi connectivity index (χ0v) is 11.2. The molecule has 0 atom stereocenters. The minimum atomic E-state index is -0.155. The fourth-order valence-corrected chi connectivity index (χ4v) is 1.32. The molecule has 1 aromatic carbocycles. The Labute approximate surface area is 108 Å². The molecular formula is C14H21NO3. The Balaban J connectivity index is 2.51. The van der Waals surface area contributed by atoms with E-state index in [9.17, 15) is 4.79 Å². The molecule has 0 aliphatic rings. The largest absolute Gasteiger partial charge is 0.493 e. The SMILES string of the molecule is CCOCC(=O)Nc1cccc(OCC(C)C)c1. The number of anilines is 1. The van der Waals surface area contributed by atoms with Gasteiger partial charge in [0.05, 0.1) is 6.61 Å². The van der Waals surface area contributed by atoms with Gasteiger partial charge in [-0.15, -0.1) is 0 Å². The molecule has 0 unspecified atom stereocenters. The van der Waals surface area contributed by atoms with Gasteiger partial charge in [-0.1, -0.05) is 19.9 Å². The Hall–Kier alpha value is -1.55. The van der Waals surface area contributed by atoms with Crippen LogP contribution in [0.1, 0.15) is 20.8 Å². The number of nitrogens with one attached hydrogen (secondary N) is 1. The monoisotopic (exact) mass is 251 g/mol. The third-order valence-corrected chi connectivity index (χ3v) is 2.14. The van der Waals surface area contributed by atoms with Gasteiger partial charge in [-0.2, -0.15) is 0 Å². The first kappa shape index (κ1) is 14.5. The molecule has 1 N–H and O–H groups in total. The average Bonchev–Trinajstić information content (AvgIpc) is 2.34. The van der Waals surface area contributed by atoms with Crippen molar-refractivity contribution in [2.75, 3.05) is 25.1 Å². The van der Waals surface area contributed by atoms with E-state index >= 15 is 0 Å². The van der Waals surface area contributed by atoms with Crippen LogP contribution in [-0.4, -0.2) is 25.7 Å². The summed E-state index contributed by atoms with van der Waals surface area (Å²) in [5, 5.41) is 2.76. The molecule has 0 aromatic heterocycles. The maximum absolute atomic E-state index is 11.5. The van der Waals surface area contributed by atoms with Crippen molar-refractivity contribution in [3.8, 4) is 5.75 Å². The van der Waals surface area contributed by atoms with E-state index in [1.807, 2.05) is 31.2 Å². The molecule has 1 amide bonds. The van der Waals surface area contributed by atoms with Crippen molar-refractivity contribution in [3.05, 3.63) is 24.3 Å². The van der Waals surface area contributed by atoms with Gasteiger partial charge in [0.25, 0.3) is 0 Å². The molecule has 4 nitrogen and oxygen atoms in total. The molecule has 0 heterocycles. The predicted molar refractivity (Wildman–Crippen MR) is 71.9 cm³/mol. The second-order valence-electron chi connectivity index (χ2n) is 4.42. The predicted octanol–water partition coefficient (Wildman–Crippen LogP) is 2.70. The topological polar surface area (TPSA) is 47.6 Å². The first-order valence-corrected chi connectivity index (χ1v) is 6.22. The second-order valence-corrected chi connectivity index (χ2v) is 4.42. The van der Waals surface area contributed by atoms with Crippen molar-refractivity contribution in [1.82, 2.24) is 0 Å². The van der Waals surface area contributed by atoms with Gasteiger partial charge in [-0.05, 0) is 25.0 Å². The summed E-state index contributed by atoms with van der Waals surface area (Å²) in [7, 11) is 0. The molecule has 0 saturated heterocycles. The summed E-state index contributed by atoms with van der Waals surface area (Å²) in [6.45, 7) is 7.31.